The quantitative estimate of drug-likeness (QED) is 0.0493. The second-order valence-electron chi connectivity index (χ2n) is 12.0. The highest BCUT2D eigenvalue weighted by Crippen LogP contribution is 2.13. The van der Waals surface area contributed by atoms with Gasteiger partial charge in [-0.3, -0.25) is 14.4 Å². The predicted molar refractivity (Wildman–Crippen MR) is 172 cm³/mol. The summed E-state index contributed by atoms with van der Waals surface area (Å²) < 4.78 is 10.6. The molecule has 0 heterocycles. The van der Waals surface area contributed by atoms with Gasteiger partial charge in [-0.1, -0.05) is 122 Å². The van der Waals surface area contributed by atoms with Crippen LogP contribution in [0.25, 0.3) is 0 Å². The van der Waals surface area contributed by atoms with Crippen LogP contribution in [0.5, 0.6) is 0 Å². The summed E-state index contributed by atoms with van der Waals surface area (Å²) in [7, 11) is 0. The van der Waals surface area contributed by atoms with E-state index in [0.717, 1.165) is 32.1 Å². The van der Waals surface area contributed by atoms with E-state index in [9.17, 15) is 19.5 Å². The van der Waals surface area contributed by atoms with Crippen LogP contribution in [-0.4, -0.2) is 54.2 Å². The lowest BCUT2D eigenvalue weighted by Gasteiger charge is -2.22. The van der Waals surface area contributed by atoms with E-state index in [1.54, 1.807) is 6.08 Å². The molecule has 0 aromatic rings. The van der Waals surface area contributed by atoms with Gasteiger partial charge in [0.2, 0.25) is 5.91 Å². The lowest BCUT2D eigenvalue weighted by molar-refractivity contribution is -0.147. The fourth-order valence-corrected chi connectivity index (χ4v) is 4.69. The largest absolute Gasteiger partial charge is 0.463 e. The first kappa shape index (κ1) is 40.3. The highest BCUT2D eigenvalue weighted by Gasteiger charge is 2.21. The van der Waals surface area contributed by atoms with E-state index < -0.39 is 18.1 Å². The van der Waals surface area contributed by atoms with Crippen LogP contribution in [0.3, 0.4) is 0 Å². The standard InChI is InChI=1S/C35H65NO6/c1-5-7-9-11-13-14-15-16-17-18-19-20-22-24-33(38)32(36-34(39)25-23-21-12-10-8-6-2)29-42-35(40)27-26-31(37)28-41-30(3)4/h22,24,30,32-33,38H,5-21,23,25-29H2,1-4H3,(H,36,39)/b24-22+. The van der Waals surface area contributed by atoms with Crippen molar-refractivity contribution in [2.45, 2.75) is 181 Å². The molecule has 2 atom stereocenters. The molecule has 0 radical (unpaired) electrons. The number of esters is 1. The molecule has 0 spiro atoms. The molecule has 1 amide bonds. The molecule has 7 nitrogen and oxygen atoms in total. The van der Waals surface area contributed by atoms with Crippen LogP contribution in [0.2, 0.25) is 0 Å². The molecule has 0 aromatic carbocycles. The summed E-state index contributed by atoms with van der Waals surface area (Å²) in [6.45, 7) is 7.96. The SMILES string of the molecule is CCCCCCCCCCCCC/C=C/C(O)C(COC(=O)CCC(=O)COC(C)C)NC(=O)CCCCCCCC. The van der Waals surface area contributed by atoms with Crippen LogP contribution in [0.4, 0.5) is 0 Å². The van der Waals surface area contributed by atoms with E-state index in [0.29, 0.717) is 6.42 Å². The Morgan fingerprint density at radius 3 is 1.79 bits per heavy atom. The molecular formula is C35H65NO6. The first-order valence-corrected chi connectivity index (χ1v) is 17.2. The topological polar surface area (TPSA) is 102 Å². The summed E-state index contributed by atoms with van der Waals surface area (Å²) in [6, 6.07) is -0.727. The number of amides is 1. The number of carbonyl (C=O) groups excluding carboxylic acids is 3. The fourth-order valence-electron chi connectivity index (χ4n) is 4.69. The number of Topliss-reactive ketones (excluding diaryl/α,β-unsaturated/α-hetero) is 1. The number of hydrogen-bond donors (Lipinski definition) is 2. The number of carbonyl (C=O) groups is 3. The lowest BCUT2D eigenvalue weighted by atomic mass is 10.0. The molecule has 0 aromatic heterocycles. The van der Waals surface area contributed by atoms with Gasteiger partial charge < -0.3 is 19.9 Å². The maximum absolute atomic E-state index is 12.6. The van der Waals surface area contributed by atoms with Crippen LogP contribution < -0.4 is 5.32 Å². The number of unbranched alkanes of at least 4 members (excludes halogenated alkanes) is 16. The van der Waals surface area contributed by atoms with Crippen molar-refractivity contribution in [3.05, 3.63) is 12.2 Å². The predicted octanol–water partition coefficient (Wildman–Crippen LogP) is 8.16. The maximum Gasteiger partial charge on any atom is 0.306 e. The van der Waals surface area contributed by atoms with Crippen LogP contribution in [-0.2, 0) is 23.9 Å². The molecule has 0 rings (SSSR count). The first-order chi connectivity index (χ1) is 20.3. The Kier molecular flexibility index (Phi) is 28.1. The highest BCUT2D eigenvalue weighted by molar-refractivity contribution is 5.83. The number of allylic oxidation sites excluding steroid dienone is 1. The molecule has 0 aliphatic rings. The zero-order valence-corrected chi connectivity index (χ0v) is 27.6. The van der Waals surface area contributed by atoms with Gasteiger partial charge in [-0.05, 0) is 33.1 Å². The van der Waals surface area contributed by atoms with Gasteiger partial charge in [-0.15, -0.1) is 0 Å². The van der Waals surface area contributed by atoms with E-state index in [-0.39, 0.29) is 43.8 Å². The zero-order chi connectivity index (χ0) is 31.3. The van der Waals surface area contributed by atoms with Crippen molar-refractivity contribution in [2.75, 3.05) is 13.2 Å². The van der Waals surface area contributed by atoms with Crippen molar-refractivity contribution in [3.63, 3.8) is 0 Å². The number of ether oxygens (including phenoxy) is 2. The Morgan fingerprint density at radius 1 is 0.714 bits per heavy atom. The Hall–Kier alpha value is -1.73. The first-order valence-electron chi connectivity index (χ1n) is 17.2. The molecular weight excluding hydrogens is 530 g/mol. The molecule has 0 saturated carbocycles. The molecule has 42 heavy (non-hydrogen) atoms. The van der Waals surface area contributed by atoms with Crippen LogP contribution in [0, 0.1) is 0 Å². The Morgan fingerprint density at radius 2 is 1.24 bits per heavy atom. The number of nitrogens with one attached hydrogen (secondary N) is 1. The fraction of sp³-hybridized carbons (Fsp3) is 0.857. The minimum atomic E-state index is -0.958. The minimum absolute atomic E-state index is 0.0231. The number of rotatable bonds is 30. The summed E-state index contributed by atoms with van der Waals surface area (Å²) in [5, 5.41) is 13.7. The molecule has 2 unspecified atom stereocenters. The third-order valence-electron chi connectivity index (χ3n) is 7.43. The third-order valence-corrected chi connectivity index (χ3v) is 7.43. The van der Waals surface area contributed by atoms with E-state index in [4.69, 9.17) is 9.47 Å². The van der Waals surface area contributed by atoms with Crippen LogP contribution in [0.15, 0.2) is 12.2 Å². The summed E-state index contributed by atoms with van der Waals surface area (Å²) in [5.74, 6) is -0.833. The molecule has 0 aliphatic heterocycles. The summed E-state index contributed by atoms with van der Waals surface area (Å²) in [6.07, 6.45) is 24.6. The number of hydrogen-bond acceptors (Lipinski definition) is 6. The molecule has 0 aliphatic carbocycles. The van der Waals surface area contributed by atoms with Crippen molar-refractivity contribution in [2.24, 2.45) is 0 Å². The number of ketones is 1. The van der Waals surface area contributed by atoms with Crippen molar-refractivity contribution in [1.29, 1.82) is 0 Å². The van der Waals surface area contributed by atoms with Crippen LogP contribution in [0.1, 0.15) is 163 Å². The minimum Gasteiger partial charge on any atom is -0.463 e. The van der Waals surface area contributed by atoms with E-state index in [2.05, 4.69) is 19.2 Å². The van der Waals surface area contributed by atoms with Crippen molar-refractivity contribution in [1.82, 2.24) is 5.32 Å². The van der Waals surface area contributed by atoms with Gasteiger partial charge in [0.05, 0.1) is 24.7 Å². The number of aliphatic hydroxyl groups is 1. The van der Waals surface area contributed by atoms with Crippen molar-refractivity contribution >= 4 is 17.7 Å². The Labute approximate surface area is 258 Å². The average Bonchev–Trinajstić information content (AvgIpc) is 2.97. The second kappa shape index (κ2) is 29.3. The molecule has 0 fully saturated rings. The van der Waals surface area contributed by atoms with Gasteiger partial charge in [-0.25, -0.2) is 0 Å². The highest BCUT2D eigenvalue weighted by atomic mass is 16.5. The van der Waals surface area contributed by atoms with Gasteiger partial charge in [0.1, 0.15) is 13.2 Å². The summed E-state index contributed by atoms with van der Waals surface area (Å²) in [4.78, 5) is 36.7. The molecule has 7 heteroatoms. The molecule has 246 valence electrons. The van der Waals surface area contributed by atoms with E-state index >= 15 is 0 Å². The maximum atomic E-state index is 12.6. The Balaban J connectivity index is 4.50. The van der Waals surface area contributed by atoms with Gasteiger partial charge in [0, 0.05) is 12.8 Å². The molecule has 0 saturated heterocycles. The third kappa shape index (κ3) is 27.1. The monoisotopic (exact) mass is 595 g/mol. The van der Waals surface area contributed by atoms with E-state index in [1.165, 1.54) is 83.5 Å². The number of aliphatic hydroxyl groups excluding tert-OH is 1. The molecule has 2 N–H and O–H groups in total. The van der Waals surface area contributed by atoms with Crippen molar-refractivity contribution in [3.8, 4) is 0 Å². The van der Waals surface area contributed by atoms with Gasteiger partial charge >= 0.3 is 5.97 Å². The van der Waals surface area contributed by atoms with Gasteiger partial charge in [-0.2, -0.15) is 0 Å². The Bertz CT molecular complexity index is 693. The van der Waals surface area contributed by atoms with Gasteiger partial charge in [0.25, 0.3) is 0 Å². The van der Waals surface area contributed by atoms with Crippen LogP contribution >= 0.6 is 0 Å². The lowest BCUT2D eigenvalue weighted by Crippen LogP contribution is -2.46. The van der Waals surface area contributed by atoms with E-state index in [1.807, 2.05) is 19.9 Å². The zero-order valence-electron chi connectivity index (χ0n) is 27.6. The second-order valence-corrected chi connectivity index (χ2v) is 12.0. The summed E-state index contributed by atoms with van der Waals surface area (Å²) in [5.41, 5.74) is 0. The average molecular weight is 596 g/mol. The summed E-state index contributed by atoms with van der Waals surface area (Å²) >= 11 is 0. The van der Waals surface area contributed by atoms with Crippen molar-refractivity contribution < 1.29 is 29.0 Å². The normalized spacial score (nSPS) is 13.0. The van der Waals surface area contributed by atoms with Gasteiger partial charge in [0.15, 0.2) is 5.78 Å². The smallest absolute Gasteiger partial charge is 0.306 e. The molecule has 0 bridgehead atoms.